The second kappa shape index (κ2) is 5.66. The summed E-state index contributed by atoms with van der Waals surface area (Å²) in [4.78, 5) is 0. The van der Waals surface area contributed by atoms with E-state index in [9.17, 15) is 4.39 Å². The molecule has 0 unspecified atom stereocenters. The quantitative estimate of drug-likeness (QED) is 0.673. The summed E-state index contributed by atoms with van der Waals surface area (Å²) in [5.41, 5.74) is 1.97. The van der Waals surface area contributed by atoms with Gasteiger partial charge in [-0.2, -0.15) is 0 Å². The maximum atomic E-state index is 13.5. The van der Waals surface area contributed by atoms with Gasteiger partial charge in [0.1, 0.15) is 5.82 Å². The average molecular weight is 234 g/mol. The number of benzene rings is 1. The third-order valence-electron chi connectivity index (χ3n) is 4.21. The molecule has 1 fully saturated rings. The van der Waals surface area contributed by atoms with E-state index in [0.717, 1.165) is 11.5 Å². The van der Waals surface area contributed by atoms with Crippen LogP contribution in [-0.4, -0.2) is 0 Å². The smallest absolute Gasteiger partial charge is 0.126 e. The van der Waals surface area contributed by atoms with Gasteiger partial charge in [-0.25, -0.2) is 4.39 Å². The summed E-state index contributed by atoms with van der Waals surface area (Å²) in [6, 6.07) is 5.78. The molecular weight excluding hydrogens is 211 g/mol. The van der Waals surface area contributed by atoms with Crippen molar-refractivity contribution in [3.63, 3.8) is 0 Å². The summed E-state index contributed by atoms with van der Waals surface area (Å²) in [5, 5.41) is 0. The molecule has 1 aliphatic carbocycles. The first-order chi connectivity index (χ1) is 8.20. The van der Waals surface area contributed by atoms with E-state index < -0.39 is 0 Å². The maximum absolute atomic E-state index is 13.5. The fraction of sp³-hybridized carbons (Fsp3) is 0.625. The van der Waals surface area contributed by atoms with Gasteiger partial charge in [0, 0.05) is 0 Å². The van der Waals surface area contributed by atoms with Gasteiger partial charge in [-0.15, -0.1) is 0 Å². The first-order valence-corrected chi connectivity index (χ1v) is 6.96. The molecule has 0 atom stereocenters. The van der Waals surface area contributed by atoms with Crippen molar-refractivity contribution in [2.45, 2.75) is 58.3 Å². The van der Waals surface area contributed by atoms with Crippen LogP contribution in [0.15, 0.2) is 18.2 Å². The molecule has 0 saturated heterocycles. The average Bonchev–Trinajstić information content (AvgIpc) is 2.34. The van der Waals surface area contributed by atoms with E-state index in [0.29, 0.717) is 5.92 Å². The molecule has 17 heavy (non-hydrogen) atoms. The molecule has 94 valence electrons. The van der Waals surface area contributed by atoms with Gasteiger partial charge in [0.25, 0.3) is 0 Å². The Labute approximate surface area is 104 Å². The number of hydrogen-bond donors (Lipinski definition) is 0. The van der Waals surface area contributed by atoms with Crippen LogP contribution in [0.3, 0.4) is 0 Å². The van der Waals surface area contributed by atoms with Gasteiger partial charge in [0.05, 0.1) is 0 Å². The molecule has 1 saturated carbocycles. The van der Waals surface area contributed by atoms with E-state index in [1.165, 1.54) is 44.1 Å². The lowest BCUT2D eigenvalue weighted by Gasteiger charge is -2.28. The highest BCUT2D eigenvalue weighted by atomic mass is 19.1. The fourth-order valence-electron chi connectivity index (χ4n) is 3.06. The van der Waals surface area contributed by atoms with Crippen molar-refractivity contribution in [3.8, 4) is 0 Å². The minimum Gasteiger partial charge on any atom is -0.207 e. The number of rotatable bonds is 3. The van der Waals surface area contributed by atoms with E-state index in [4.69, 9.17) is 0 Å². The first-order valence-electron chi connectivity index (χ1n) is 6.96. The molecule has 0 aliphatic heterocycles. The van der Waals surface area contributed by atoms with Crippen LogP contribution >= 0.6 is 0 Å². The first kappa shape index (κ1) is 12.6. The standard InChI is InChI=1S/C16H23F/c1-3-4-13-6-9-14(10-7-13)15-8-5-12(2)16(17)11-15/h5,8,11,13-14H,3-4,6-7,9-10H2,1-2H3. The molecule has 2 rings (SSSR count). The molecule has 1 aromatic rings. The van der Waals surface area contributed by atoms with Gasteiger partial charge >= 0.3 is 0 Å². The SMILES string of the molecule is CCCC1CCC(c2ccc(C)c(F)c2)CC1. The zero-order valence-corrected chi connectivity index (χ0v) is 11.0. The number of hydrogen-bond acceptors (Lipinski definition) is 0. The molecule has 1 aromatic carbocycles. The van der Waals surface area contributed by atoms with Crippen molar-refractivity contribution in [2.24, 2.45) is 5.92 Å². The highest BCUT2D eigenvalue weighted by Gasteiger charge is 2.22. The van der Waals surface area contributed by atoms with Crippen LogP contribution in [0.5, 0.6) is 0 Å². The second-order valence-corrected chi connectivity index (χ2v) is 5.51. The van der Waals surface area contributed by atoms with Crippen LogP contribution in [0.2, 0.25) is 0 Å². The van der Waals surface area contributed by atoms with Crippen LogP contribution < -0.4 is 0 Å². The van der Waals surface area contributed by atoms with Gasteiger partial charge < -0.3 is 0 Å². The molecule has 0 spiro atoms. The van der Waals surface area contributed by atoms with Gasteiger partial charge in [-0.3, -0.25) is 0 Å². The van der Waals surface area contributed by atoms with E-state index >= 15 is 0 Å². The van der Waals surface area contributed by atoms with Gasteiger partial charge in [0.15, 0.2) is 0 Å². The molecule has 0 nitrogen and oxygen atoms in total. The van der Waals surface area contributed by atoms with Gasteiger partial charge in [-0.05, 0) is 61.6 Å². The van der Waals surface area contributed by atoms with Gasteiger partial charge in [-0.1, -0.05) is 31.9 Å². The molecule has 1 heteroatoms. The molecule has 1 aliphatic rings. The van der Waals surface area contributed by atoms with Crippen molar-refractivity contribution in [2.75, 3.05) is 0 Å². The number of halogens is 1. The maximum Gasteiger partial charge on any atom is 0.126 e. The lowest BCUT2D eigenvalue weighted by molar-refractivity contribution is 0.308. The Morgan fingerprint density at radius 3 is 2.47 bits per heavy atom. The minimum atomic E-state index is -0.0434. The molecule has 0 radical (unpaired) electrons. The predicted octanol–water partition coefficient (Wildman–Crippen LogP) is 5.21. The Morgan fingerprint density at radius 1 is 1.18 bits per heavy atom. The van der Waals surface area contributed by atoms with E-state index in [1.54, 1.807) is 6.07 Å². The van der Waals surface area contributed by atoms with E-state index in [-0.39, 0.29) is 5.82 Å². The fourth-order valence-corrected chi connectivity index (χ4v) is 3.06. The van der Waals surface area contributed by atoms with Crippen molar-refractivity contribution in [1.29, 1.82) is 0 Å². The molecule has 0 amide bonds. The summed E-state index contributed by atoms with van der Waals surface area (Å²) >= 11 is 0. The summed E-state index contributed by atoms with van der Waals surface area (Å²) < 4.78 is 13.5. The minimum absolute atomic E-state index is 0.0434. The highest BCUT2D eigenvalue weighted by molar-refractivity contribution is 5.26. The lowest BCUT2D eigenvalue weighted by atomic mass is 9.77. The lowest BCUT2D eigenvalue weighted by Crippen LogP contribution is -2.13. The zero-order valence-electron chi connectivity index (χ0n) is 11.0. The highest BCUT2D eigenvalue weighted by Crippen LogP contribution is 2.37. The van der Waals surface area contributed by atoms with Gasteiger partial charge in [0.2, 0.25) is 0 Å². The van der Waals surface area contributed by atoms with Crippen molar-refractivity contribution >= 4 is 0 Å². The topological polar surface area (TPSA) is 0 Å². The molecule has 0 N–H and O–H groups in total. The molecule has 0 heterocycles. The summed E-state index contributed by atoms with van der Waals surface area (Å²) in [7, 11) is 0. The predicted molar refractivity (Wildman–Crippen MR) is 70.7 cm³/mol. The monoisotopic (exact) mass is 234 g/mol. The Balaban J connectivity index is 1.98. The normalized spacial score (nSPS) is 24.9. The largest absolute Gasteiger partial charge is 0.207 e. The van der Waals surface area contributed by atoms with Crippen molar-refractivity contribution < 1.29 is 4.39 Å². The number of aryl methyl sites for hydroxylation is 1. The second-order valence-electron chi connectivity index (χ2n) is 5.51. The Bertz CT molecular complexity index is 362. The Kier molecular flexibility index (Phi) is 4.20. The molecule has 0 bridgehead atoms. The Hall–Kier alpha value is -0.850. The van der Waals surface area contributed by atoms with Crippen LogP contribution in [0, 0.1) is 18.7 Å². The van der Waals surface area contributed by atoms with Crippen molar-refractivity contribution in [3.05, 3.63) is 35.1 Å². The van der Waals surface area contributed by atoms with E-state index in [2.05, 4.69) is 13.0 Å². The van der Waals surface area contributed by atoms with Crippen LogP contribution in [0.1, 0.15) is 62.5 Å². The molecule has 0 aromatic heterocycles. The molecular formula is C16H23F. The van der Waals surface area contributed by atoms with E-state index in [1.807, 2.05) is 13.0 Å². The van der Waals surface area contributed by atoms with Crippen molar-refractivity contribution in [1.82, 2.24) is 0 Å². The summed E-state index contributed by atoms with van der Waals surface area (Å²) in [5.74, 6) is 1.47. The third-order valence-corrected chi connectivity index (χ3v) is 4.21. The van der Waals surface area contributed by atoms with Crippen LogP contribution in [-0.2, 0) is 0 Å². The van der Waals surface area contributed by atoms with Crippen LogP contribution in [0.25, 0.3) is 0 Å². The summed E-state index contributed by atoms with van der Waals surface area (Å²) in [6.07, 6.45) is 7.81. The summed E-state index contributed by atoms with van der Waals surface area (Å²) in [6.45, 7) is 4.10. The Morgan fingerprint density at radius 2 is 1.88 bits per heavy atom. The van der Waals surface area contributed by atoms with Crippen LogP contribution in [0.4, 0.5) is 4.39 Å². The zero-order chi connectivity index (χ0) is 12.3. The third kappa shape index (κ3) is 3.08.